The van der Waals surface area contributed by atoms with Gasteiger partial charge in [0.15, 0.2) is 0 Å². The zero-order valence-corrected chi connectivity index (χ0v) is 10.2. The van der Waals surface area contributed by atoms with E-state index < -0.39 is 0 Å². The lowest BCUT2D eigenvalue weighted by Gasteiger charge is -2.01. The fraction of sp³-hybridized carbons (Fsp3) is 0.250. The van der Waals surface area contributed by atoms with E-state index in [4.69, 9.17) is 0 Å². The number of benzene rings is 1. The van der Waals surface area contributed by atoms with Gasteiger partial charge in [-0.3, -0.25) is 4.79 Å². The van der Waals surface area contributed by atoms with E-state index in [1.807, 2.05) is 7.05 Å². The van der Waals surface area contributed by atoms with Crippen LogP contribution in [-0.4, -0.2) is 26.0 Å². The van der Waals surface area contributed by atoms with Crippen molar-refractivity contribution >= 4 is 27.3 Å². The molecule has 2 rings (SSSR count). The molecule has 3 nitrogen and oxygen atoms in total. The Balaban J connectivity index is 2.15. The molecule has 0 radical (unpaired) electrons. The highest BCUT2D eigenvalue weighted by Crippen LogP contribution is 2.26. The summed E-state index contributed by atoms with van der Waals surface area (Å²) in [6.07, 6.45) is 0. The van der Waals surface area contributed by atoms with Crippen LogP contribution in [0.25, 0.3) is 10.1 Å². The summed E-state index contributed by atoms with van der Waals surface area (Å²) in [6.45, 7) is 1.31. The van der Waals surface area contributed by atoms with Crippen LogP contribution in [0.4, 0.5) is 4.39 Å². The Hall–Kier alpha value is -1.46. The highest BCUT2D eigenvalue weighted by molar-refractivity contribution is 7.20. The lowest BCUT2D eigenvalue weighted by molar-refractivity contribution is 0.0958. The molecule has 0 saturated carbocycles. The molecule has 2 aromatic rings. The van der Waals surface area contributed by atoms with Crippen molar-refractivity contribution < 1.29 is 9.18 Å². The third kappa shape index (κ3) is 2.81. The summed E-state index contributed by atoms with van der Waals surface area (Å²) in [5.74, 6) is -0.386. The Kier molecular flexibility index (Phi) is 3.71. The van der Waals surface area contributed by atoms with Crippen molar-refractivity contribution in [2.24, 2.45) is 0 Å². The second kappa shape index (κ2) is 5.25. The number of thiophene rings is 1. The number of rotatable bonds is 4. The van der Waals surface area contributed by atoms with E-state index in [0.29, 0.717) is 11.4 Å². The van der Waals surface area contributed by atoms with Gasteiger partial charge >= 0.3 is 0 Å². The predicted octanol–water partition coefficient (Wildman–Crippen LogP) is 1.99. The van der Waals surface area contributed by atoms with E-state index >= 15 is 0 Å². The Morgan fingerprint density at radius 2 is 2.18 bits per heavy atom. The molecular formula is C12H13FN2OS. The van der Waals surface area contributed by atoms with Crippen LogP contribution in [0.15, 0.2) is 24.3 Å². The van der Waals surface area contributed by atoms with Gasteiger partial charge in [0, 0.05) is 17.8 Å². The van der Waals surface area contributed by atoms with Gasteiger partial charge in [-0.25, -0.2) is 4.39 Å². The van der Waals surface area contributed by atoms with Crippen molar-refractivity contribution in [3.63, 3.8) is 0 Å². The number of likely N-dealkylation sites (N-methyl/N-ethyl adjacent to an activating group) is 1. The summed E-state index contributed by atoms with van der Waals surface area (Å²) < 4.78 is 13.8. The molecular weight excluding hydrogens is 239 g/mol. The number of carbonyl (C=O) groups excluding carboxylic acids is 1. The predicted molar refractivity (Wildman–Crippen MR) is 68.0 cm³/mol. The van der Waals surface area contributed by atoms with Crippen LogP contribution < -0.4 is 10.6 Å². The molecule has 1 aromatic carbocycles. The summed E-state index contributed by atoms with van der Waals surface area (Å²) in [5, 5.41) is 6.64. The minimum Gasteiger partial charge on any atom is -0.350 e. The van der Waals surface area contributed by atoms with Crippen molar-refractivity contribution in [3.05, 3.63) is 35.0 Å². The van der Waals surface area contributed by atoms with E-state index in [1.54, 1.807) is 12.1 Å². The first-order chi connectivity index (χ1) is 8.20. The number of hydrogen-bond acceptors (Lipinski definition) is 3. The molecule has 5 heteroatoms. The molecule has 0 saturated heterocycles. The highest BCUT2D eigenvalue weighted by Gasteiger charge is 2.09. The molecule has 2 N–H and O–H groups in total. The van der Waals surface area contributed by atoms with Gasteiger partial charge < -0.3 is 10.6 Å². The largest absolute Gasteiger partial charge is 0.350 e. The average molecular weight is 252 g/mol. The topological polar surface area (TPSA) is 41.1 Å². The van der Waals surface area contributed by atoms with E-state index in [9.17, 15) is 9.18 Å². The molecule has 0 fully saturated rings. The molecule has 1 aromatic heterocycles. The maximum Gasteiger partial charge on any atom is 0.261 e. The molecule has 0 aliphatic carbocycles. The number of fused-ring (bicyclic) bond motifs is 1. The van der Waals surface area contributed by atoms with Crippen LogP contribution in [0.1, 0.15) is 9.67 Å². The molecule has 17 heavy (non-hydrogen) atoms. The van der Waals surface area contributed by atoms with Gasteiger partial charge in [-0.05, 0) is 30.6 Å². The second-order valence-corrected chi connectivity index (χ2v) is 4.74. The summed E-state index contributed by atoms with van der Waals surface area (Å²) in [7, 11) is 1.83. The zero-order valence-electron chi connectivity index (χ0n) is 9.42. The smallest absolute Gasteiger partial charge is 0.261 e. The van der Waals surface area contributed by atoms with Crippen LogP contribution >= 0.6 is 11.3 Å². The van der Waals surface area contributed by atoms with Crippen molar-refractivity contribution in [2.75, 3.05) is 20.1 Å². The van der Waals surface area contributed by atoms with Crippen molar-refractivity contribution in [2.45, 2.75) is 0 Å². The monoisotopic (exact) mass is 252 g/mol. The minimum atomic E-state index is -0.276. The molecule has 1 heterocycles. The first-order valence-electron chi connectivity index (χ1n) is 5.32. The fourth-order valence-corrected chi connectivity index (χ4v) is 2.51. The summed E-state index contributed by atoms with van der Waals surface area (Å²) in [6, 6.07) is 6.32. The second-order valence-electron chi connectivity index (χ2n) is 3.65. The first-order valence-corrected chi connectivity index (χ1v) is 6.14. The van der Waals surface area contributed by atoms with Gasteiger partial charge in [0.25, 0.3) is 5.91 Å². The molecule has 0 unspecified atom stereocenters. The van der Waals surface area contributed by atoms with E-state index in [-0.39, 0.29) is 11.7 Å². The van der Waals surface area contributed by atoms with Gasteiger partial charge in [0.05, 0.1) is 4.88 Å². The quantitative estimate of drug-likeness (QED) is 0.817. The van der Waals surface area contributed by atoms with Gasteiger partial charge in [0.2, 0.25) is 0 Å². The maximum absolute atomic E-state index is 13.0. The fourth-order valence-electron chi connectivity index (χ4n) is 1.51. The Bertz CT molecular complexity index is 538. The summed E-state index contributed by atoms with van der Waals surface area (Å²) in [5.41, 5.74) is 0. The number of amides is 1. The molecule has 0 aliphatic heterocycles. The van der Waals surface area contributed by atoms with E-state index in [0.717, 1.165) is 16.6 Å². The molecule has 0 aliphatic rings. The van der Waals surface area contributed by atoms with E-state index in [2.05, 4.69) is 10.6 Å². The Morgan fingerprint density at radius 3 is 2.94 bits per heavy atom. The zero-order chi connectivity index (χ0) is 12.3. The van der Waals surface area contributed by atoms with Gasteiger partial charge in [-0.2, -0.15) is 0 Å². The number of carbonyl (C=O) groups is 1. The van der Waals surface area contributed by atoms with Crippen LogP contribution in [0.3, 0.4) is 0 Å². The maximum atomic E-state index is 13.0. The third-order valence-electron chi connectivity index (χ3n) is 2.37. The van der Waals surface area contributed by atoms with Crippen LogP contribution in [-0.2, 0) is 0 Å². The molecule has 90 valence electrons. The summed E-state index contributed by atoms with van der Waals surface area (Å²) in [4.78, 5) is 12.4. The minimum absolute atomic E-state index is 0.109. The van der Waals surface area contributed by atoms with Gasteiger partial charge in [-0.1, -0.05) is 6.07 Å². The van der Waals surface area contributed by atoms with E-state index in [1.165, 1.54) is 23.5 Å². The average Bonchev–Trinajstić information content (AvgIpc) is 2.72. The van der Waals surface area contributed by atoms with Gasteiger partial charge in [0.1, 0.15) is 5.82 Å². The molecule has 0 bridgehead atoms. The Morgan fingerprint density at radius 1 is 1.35 bits per heavy atom. The number of halogens is 1. The lowest BCUT2D eigenvalue weighted by atomic mass is 10.2. The SMILES string of the molecule is CNCCNC(=O)c1cc2ccc(F)cc2s1. The standard InChI is InChI=1S/C12H13FN2OS/c1-14-4-5-15-12(16)11-6-8-2-3-9(13)7-10(8)17-11/h2-3,6-7,14H,4-5H2,1H3,(H,15,16). The van der Waals surface area contributed by atoms with Crippen LogP contribution in [0.5, 0.6) is 0 Å². The third-order valence-corrected chi connectivity index (χ3v) is 3.46. The van der Waals surface area contributed by atoms with Crippen molar-refractivity contribution in [1.29, 1.82) is 0 Å². The van der Waals surface area contributed by atoms with Crippen LogP contribution in [0.2, 0.25) is 0 Å². The van der Waals surface area contributed by atoms with Crippen molar-refractivity contribution in [1.82, 2.24) is 10.6 Å². The van der Waals surface area contributed by atoms with Gasteiger partial charge in [-0.15, -0.1) is 11.3 Å². The number of nitrogens with one attached hydrogen (secondary N) is 2. The van der Waals surface area contributed by atoms with Crippen molar-refractivity contribution in [3.8, 4) is 0 Å². The summed E-state index contributed by atoms with van der Waals surface area (Å²) >= 11 is 1.31. The highest BCUT2D eigenvalue weighted by atomic mass is 32.1. The lowest BCUT2D eigenvalue weighted by Crippen LogP contribution is -2.29. The molecule has 0 spiro atoms. The molecule has 0 atom stereocenters. The Labute approximate surface area is 103 Å². The van der Waals surface area contributed by atoms with Crippen LogP contribution in [0, 0.1) is 5.82 Å². The number of hydrogen-bond donors (Lipinski definition) is 2. The first kappa shape index (κ1) is 12.0. The molecule has 1 amide bonds. The normalized spacial score (nSPS) is 10.7.